The second-order valence-corrected chi connectivity index (χ2v) is 17.9. The molecule has 0 spiro atoms. The van der Waals surface area contributed by atoms with Crippen molar-refractivity contribution in [1.29, 1.82) is 0 Å². The quantitative estimate of drug-likeness (QED) is 0.0328. The summed E-state index contributed by atoms with van der Waals surface area (Å²) in [6, 6.07) is -2.51. The Morgan fingerprint density at radius 2 is 0.653 bits per heavy atom. The van der Waals surface area contributed by atoms with E-state index in [1.807, 2.05) is 41.5 Å². The number of carbonyl (C=O) groups is 8. The maximum atomic E-state index is 12.9. The minimum absolute atomic E-state index is 0.0299. The molecule has 18 heteroatoms. The van der Waals surface area contributed by atoms with Gasteiger partial charge in [0.1, 0.15) is 18.1 Å². The van der Waals surface area contributed by atoms with Crippen LogP contribution in [-0.2, 0) is 76.3 Å². The molecule has 5 unspecified atom stereocenters. The molecule has 0 bridgehead atoms. The van der Waals surface area contributed by atoms with Crippen molar-refractivity contribution < 1.29 is 76.3 Å². The topological polar surface area (TPSA) is 248 Å². The van der Waals surface area contributed by atoms with Gasteiger partial charge in [-0.3, -0.25) is 43.7 Å². The van der Waals surface area contributed by atoms with Gasteiger partial charge in [-0.15, -0.1) is 0 Å². The largest absolute Gasteiger partial charge is 0.466 e. The predicted octanol–water partition coefficient (Wildman–Crippen LogP) is 9.12. The van der Waals surface area contributed by atoms with Crippen LogP contribution in [0.2, 0.25) is 0 Å². The van der Waals surface area contributed by atoms with E-state index in [1.165, 1.54) is 0 Å². The number of ether oxygens (including phenoxy) is 8. The summed E-state index contributed by atoms with van der Waals surface area (Å²) in [5.41, 5.74) is 5.78. The first-order valence-electron chi connectivity index (χ1n) is 27.5. The number of carbonyl (C=O) groups excluding carboxylic acids is 8. The number of rotatable bonds is 45. The van der Waals surface area contributed by atoms with Crippen molar-refractivity contribution in [2.75, 3.05) is 52.9 Å². The van der Waals surface area contributed by atoms with Crippen molar-refractivity contribution in [2.24, 2.45) is 17.6 Å². The Morgan fingerprint density at radius 3 is 1.04 bits per heavy atom. The average molecular weight is 1030 g/mol. The van der Waals surface area contributed by atoms with Gasteiger partial charge in [-0.05, 0) is 78.1 Å². The summed E-state index contributed by atoms with van der Waals surface area (Å²) in [5.74, 6) is -4.63. The van der Waals surface area contributed by atoms with Crippen molar-refractivity contribution in [3.05, 3.63) is 0 Å². The maximum absolute atomic E-state index is 12.9. The van der Waals surface area contributed by atoms with Crippen LogP contribution in [0.1, 0.15) is 216 Å². The molecule has 3 N–H and O–H groups in total. The van der Waals surface area contributed by atoms with Crippen LogP contribution in [0.4, 0.5) is 0 Å². The normalized spacial score (nSPS) is 12.9. The molecule has 0 aliphatic rings. The highest BCUT2D eigenvalue weighted by molar-refractivity contribution is 5.84. The zero-order valence-electron chi connectivity index (χ0n) is 45.8. The monoisotopic (exact) mass is 1030 g/mol. The smallest absolute Gasteiger partial charge is 0.323 e. The summed E-state index contributed by atoms with van der Waals surface area (Å²) in [4.78, 5) is 98.9. The number of hydrogen-bond acceptors (Lipinski definition) is 18. The highest BCUT2D eigenvalue weighted by Gasteiger charge is 2.31. The molecule has 0 heterocycles. The van der Waals surface area contributed by atoms with Crippen molar-refractivity contribution in [3.63, 3.8) is 0 Å². The first kappa shape index (κ1) is 69.8. The molecule has 0 saturated heterocycles. The fraction of sp³-hybridized carbons (Fsp3) is 0.852. The zero-order valence-corrected chi connectivity index (χ0v) is 45.8. The third-order valence-electron chi connectivity index (χ3n) is 11.3. The molecule has 72 heavy (non-hydrogen) atoms. The van der Waals surface area contributed by atoms with E-state index in [0.717, 1.165) is 83.5 Å². The van der Waals surface area contributed by atoms with E-state index in [0.29, 0.717) is 90.8 Å². The van der Waals surface area contributed by atoms with Gasteiger partial charge < -0.3 is 43.6 Å². The summed E-state index contributed by atoms with van der Waals surface area (Å²) in [6.07, 6.45) is 15.8. The molecule has 0 aromatic carbocycles. The van der Waals surface area contributed by atoms with Gasteiger partial charge in [0.05, 0.1) is 84.0 Å². The Morgan fingerprint density at radius 1 is 0.333 bits per heavy atom. The van der Waals surface area contributed by atoms with Crippen molar-refractivity contribution in [2.45, 2.75) is 234 Å². The molecule has 0 rings (SSSR count). The lowest BCUT2D eigenvalue weighted by molar-refractivity contribution is -0.155. The van der Waals surface area contributed by atoms with Crippen LogP contribution in [0.15, 0.2) is 0 Å². The molecular weight excluding hydrogens is 933 g/mol. The number of hydrogen-bond donors (Lipinski definition) is 2. The van der Waals surface area contributed by atoms with Crippen LogP contribution in [0.3, 0.4) is 0 Å². The molecule has 0 aliphatic heterocycles. The lowest BCUT2D eigenvalue weighted by atomic mass is 9.96. The minimum atomic E-state index is -1.06. The van der Waals surface area contributed by atoms with E-state index < -0.39 is 59.8 Å². The van der Waals surface area contributed by atoms with E-state index in [4.69, 9.17) is 43.6 Å². The second kappa shape index (κ2) is 48.9. The fourth-order valence-corrected chi connectivity index (χ4v) is 6.81. The van der Waals surface area contributed by atoms with Crippen LogP contribution in [-0.4, -0.2) is 119 Å². The van der Waals surface area contributed by atoms with Gasteiger partial charge in [-0.25, -0.2) is 0 Å². The van der Waals surface area contributed by atoms with E-state index >= 15 is 0 Å². The molecule has 0 saturated carbocycles. The third-order valence-corrected chi connectivity index (χ3v) is 11.3. The summed E-state index contributed by atoms with van der Waals surface area (Å²) in [5, 5.41) is 3.00. The standard InChI is InChI=1S/C33H59NO10.C21H39NO6/c1-6-11-20-41-29(35)24-26(31(37)43-22-13-8-3)18-16-15-17-19-27(32(38)40-10-5)34-28(33(39)44-23-14-9-4)25-30(36)42-21-12-7-2;1-4-7-14-27-19(23)16-17(20(24)28-15-8-5-2)12-10-9-11-13-18(22)21(25)26-6-3/h26-28,34H,6-25H2,1-5H3;17-18H,4-16,22H2,1-3H3. The molecule has 5 atom stereocenters. The molecule has 0 aromatic rings. The molecular formula is C54H98N2O16. The molecule has 420 valence electrons. The van der Waals surface area contributed by atoms with E-state index in [1.54, 1.807) is 13.8 Å². The summed E-state index contributed by atoms with van der Waals surface area (Å²) < 4.78 is 41.9. The SMILES string of the molecule is CCCCOC(=O)CC(CCCCCC(N)C(=O)OCC)C(=O)OCCCC.CCCCOC(=O)CC(CCCCCC(NC(CC(=O)OCCCC)C(=O)OCCCC)C(=O)OCC)C(=O)OCCCC. The van der Waals surface area contributed by atoms with Crippen molar-refractivity contribution >= 4 is 47.8 Å². The van der Waals surface area contributed by atoms with Gasteiger partial charge in [0.15, 0.2) is 0 Å². The zero-order chi connectivity index (χ0) is 54.2. The Bertz CT molecular complexity index is 1450. The summed E-state index contributed by atoms with van der Waals surface area (Å²) >= 11 is 0. The summed E-state index contributed by atoms with van der Waals surface area (Å²) in [7, 11) is 0. The Labute approximate surface area is 432 Å². The number of nitrogens with two attached hydrogens (primary N) is 1. The van der Waals surface area contributed by atoms with Gasteiger partial charge >= 0.3 is 47.8 Å². The minimum Gasteiger partial charge on any atom is -0.466 e. The average Bonchev–Trinajstić information content (AvgIpc) is 3.35. The molecule has 0 amide bonds. The number of esters is 8. The first-order chi connectivity index (χ1) is 34.7. The molecule has 0 aromatic heterocycles. The van der Waals surface area contributed by atoms with E-state index in [2.05, 4.69) is 5.32 Å². The van der Waals surface area contributed by atoms with Gasteiger partial charge in [0.25, 0.3) is 0 Å². The Hall–Kier alpha value is -4.32. The first-order valence-corrected chi connectivity index (χ1v) is 27.5. The predicted molar refractivity (Wildman–Crippen MR) is 274 cm³/mol. The highest BCUT2D eigenvalue weighted by atomic mass is 16.6. The summed E-state index contributed by atoms with van der Waals surface area (Å²) in [6.45, 7) is 17.8. The Kier molecular flexibility index (Phi) is 47.4. The van der Waals surface area contributed by atoms with Gasteiger partial charge in [0.2, 0.25) is 0 Å². The van der Waals surface area contributed by atoms with E-state index in [-0.39, 0.29) is 57.0 Å². The van der Waals surface area contributed by atoms with Gasteiger partial charge in [-0.1, -0.05) is 119 Å². The Balaban J connectivity index is 0. The molecule has 0 radical (unpaired) electrons. The number of unbranched alkanes of at least 4 members (excludes halogenated alkanes) is 10. The van der Waals surface area contributed by atoms with Crippen LogP contribution in [0.5, 0.6) is 0 Å². The fourth-order valence-electron chi connectivity index (χ4n) is 6.81. The number of nitrogens with one attached hydrogen (secondary N) is 1. The molecule has 0 aliphatic carbocycles. The van der Waals surface area contributed by atoms with Crippen molar-refractivity contribution in [1.82, 2.24) is 5.32 Å². The van der Waals surface area contributed by atoms with Crippen molar-refractivity contribution in [3.8, 4) is 0 Å². The van der Waals surface area contributed by atoms with Crippen LogP contribution >= 0.6 is 0 Å². The molecule has 18 nitrogen and oxygen atoms in total. The van der Waals surface area contributed by atoms with Crippen LogP contribution in [0, 0.1) is 11.8 Å². The third kappa shape index (κ3) is 39.2. The maximum Gasteiger partial charge on any atom is 0.323 e. The molecule has 0 fully saturated rings. The van der Waals surface area contributed by atoms with Crippen LogP contribution < -0.4 is 11.1 Å². The van der Waals surface area contributed by atoms with Crippen LogP contribution in [0.25, 0.3) is 0 Å². The second-order valence-electron chi connectivity index (χ2n) is 17.9. The highest BCUT2D eigenvalue weighted by Crippen LogP contribution is 2.20. The lowest BCUT2D eigenvalue weighted by Gasteiger charge is -2.23. The van der Waals surface area contributed by atoms with E-state index in [9.17, 15) is 38.4 Å². The van der Waals surface area contributed by atoms with Gasteiger partial charge in [-0.2, -0.15) is 0 Å². The lowest BCUT2D eigenvalue weighted by Crippen LogP contribution is -2.49. The van der Waals surface area contributed by atoms with Gasteiger partial charge in [0, 0.05) is 0 Å².